The first-order valence-corrected chi connectivity index (χ1v) is 8.07. The molecule has 1 aromatic carbocycles. The van der Waals surface area contributed by atoms with Gasteiger partial charge in [0.15, 0.2) is 0 Å². The van der Waals surface area contributed by atoms with Crippen molar-refractivity contribution in [3.63, 3.8) is 0 Å². The Bertz CT molecular complexity index is 542. The molecule has 128 valence electrons. The van der Waals surface area contributed by atoms with Gasteiger partial charge in [-0.25, -0.2) is 4.79 Å². The number of carbonyl (C=O) groups excluding carboxylic acids is 1. The van der Waals surface area contributed by atoms with Gasteiger partial charge in [-0.3, -0.25) is 0 Å². The van der Waals surface area contributed by atoms with Crippen LogP contribution in [0.1, 0.15) is 50.3 Å². The summed E-state index contributed by atoms with van der Waals surface area (Å²) in [5, 5.41) is 0. The van der Waals surface area contributed by atoms with E-state index >= 15 is 0 Å². The van der Waals surface area contributed by atoms with E-state index in [0.29, 0.717) is 18.8 Å². The number of benzene rings is 1. The molecule has 0 saturated carbocycles. The maximum absolute atomic E-state index is 12.3. The van der Waals surface area contributed by atoms with Crippen molar-refractivity contribution in [2.75, 3.05) is 20.5 Å². The van der Waals surface area contributed by atoms with E-state index in [1.54, 1.807) is 21.0 Å². The molecule has 0 bridgehead atoms. The maximum Gasteiger partial charge on any atom is 0.350 e. The van der Waals surface area contributed by atoms with Gasteiger partial charge in [-0.15, -0.1) is 0 Å². The van der Waals surface area contributed by atoms with Gasteiger partial charge in [0, 0.05) is 12.7 Å². The molecule has 5 heteroatoms. The van der Waals surface area contributed by atoms with E-state index in [1.165, 1.54) is 0 Å². The number of aryl methyl sites for hydroxylation is 1. The number of esters is 1. The Kier molecular flexibility index (Phi) is 6.02. The Morgan fingerprint density at radius 1 is 1.43 bits per heavy atom. The number of rotatable bonds is 5. The molecule has 0 saturated heterocycles. The smallest absolute Gasteiger partial charge is 0.350 e. The van der Waals surface area contributed by atoms with Crippen molar-refractivity contribution >= 4 is 5.97 Å². The third kappa shape index (κ3) is 4.24. The highest BCUT2D eigenvalue weighted by atomic mass is 16.7. The maximum atomic E-state index is 12.3. The van der Waals surface area contributed by atoms with Gasteiger partial charge in [0.2, 0.25) is 5.60 Å². The van der Waals surface area contributed by atoms with E-state index < -0.39 is 5.60 Å². The molecule has 0 N–H and O–H groups in total. The second-order valence-corrected chi connectivity index (χ2v) is 6.05. The van der Waals surface area contributed by atoms with Crippen LogP contribution >= 0.6 is 0 Å². The number of hydrogen-bond acceptors (Lipinski definition) is 5. The largest absolute Gasteiger partial charge is 0.475 e. The summed E-state index contributed by atoms with van der Waals surface area (Å²) in [4.78, 5) is 12.3. The molecule has 5 nitrogen and oxygen atoms in total. The van der Waals surface area contributed by atoms with Gasteiger partial charge < -0.3 is 18.9 Å². The highest BCUT2D eigenvalue weighted by Crippen LogP contribution is 2.38. The highest BCUT2D eigenvalue weighted by Gasteiger charge is 2.39. The number of carbonyl (C=O) groups is 1. The first kappa shape index (κ1) is 17.8. The monoisotopic (exact) mass is 322 g/mol. The molecule has 2 atom stereocenters. The van der Waals surface area contributed by atoms with E-state index in [0.717, 1.165) is 24.0 Å². The zero-order chi connectivity index (χ0) is 16.9. The van der Waals surface area contributed by atoms with Crippen molar-refractivity contribution in [1.82, 2.24) is 0 Å². The molecule has 2 unspecified atom stereocenters. The standard InChI is InChI=1S/C18H26O5/c1-5-21-17(19)18(3)10-6-7-15(22-12-20-4)14-9-8-13(2)11-16(14)23-18/h8-9,11,15H,5-7,10,12H2,1-4H3. The van der Waals surface area contributed by atoms with E-state index in [4.69, 9.17) is 18.9 Å². The third-order valence-corrected chi connectivity index (χ3v) is 4.07. The molecule has 1 aliphatic rings. The fourth-order valence-electron chi connectivity index (χ4n) is 2.82. The summed E-state index contributed by atoms with van der Waals surface area (Å²) in [5.41, 5.74) is 1.05. The number of fused-ring (bicyclic) bond motifs is 1. The molecule has 1 aliphatic heterocycles. The van der Waals surface area contributed by atoms with Crippen LogP contribution in [0, 0.1) is 6.92 Å². The number of hydrogen-bond donors (Lipinski definition) is 0. The van der Waals surface area contributed by atoms with Crippen LogP contribution in [-0.4, -0.2) is 32.1 Å². The minimum absolute atomic E-state index is 0.0997. The Labute approximate surface area is 137 Å². The fraction of sp³-hybridized carbons (Fsp3) is 0.611. The molecule has 2 rings (SSSR count). The molecule has 0 amide bonds. The summed E-state index contributed by atoms with van der Waals surface area (Å²) in [6, 6.07) is 5.97. The lowest BCUT2D eigenvalue weighted by Crippen LogP contribution is -2.44. The van der Waals surface area contributed by atoms with Crippen LogP contribution in [0.4, 0.5) is 0 Å². The van der Waals surface area contributed by atoms with Crippen LogP contribution in [0.15, 0.2) is 18.2 Å². The van der Waals surface area contributed by atoms with Crippen molar-refractivity contribution in [2.24, 2.45) is 0 Å². The van der Waals surface area contributed by atoms with Gasteiger partial charge in [-0.2, -0.15) is 0 Å². The average molecular weight is 322 g/mol. The van der Waals surface area contributed by atoms with Crippen molar-refractivity contribution in [3.8, 4) is 5.75 Å². The van der Waals surface area contributed by atoms with Gasteiger partial charge in [-0.1, -0.05) is 12.1 Å². The minimum Gasteiger partial charge on any atom is -0.475 e. The second-order valence-electron chi connectivity index (χ2n) is 6.05. The molecule has 0 aliphatic carbocycles. The normalized spacial score (nSPS) is 24.1. The van der Waals surface area contributed by atoms with Gasteiger partial charge >= 0.3 is 5.97 Å². The molecular formula is C18H26O5. The molecule has 0 aromatic heterocycles. The van der Waals surface area contributed by atoms with Crippen LogP contribution in [-0.2, 0) is 19.0 Å². The number of ether oxygens (including phenoxy) is 4. The third-order valence-electron chi connectivity index (χ3n) is 4.07. The average Bonchev–Trinajstić information content (AvgIpc) is 2.50. The van der Waals surface area contributed by atoms with Crippen LogP contribution in [0.2, 0.25) is 0 Å². The molecule has 0 fully saturated rings. The zero-order valence-corrected chi connectivity index (χ0v) is 14.4. The van der Waals surface area contributed by atoms with Crippen LogP contribution < -0.4 is 4.74 Å². The Morgan fingerprint density at radius 3 is 2.91 bits per heavy atom. The van der Waals surface area contributed by atoms with Gasteiger partial charge in [0.25, 0.3) is 0 Å². The van der Waals surface area contributed by atoms with Crippen molar-refractivity contribution in [2.45, 2.75) is 51.7 Å². The second kappa shape index (κ2) is 7.79. The number of methoxy groups -OCH3 is 1. The van der Waals surface area contributed by atoms with Crippen LogP contribution in [0.25, 0.3) is 0 Å². The lowest BCUT2D eigenvalue weighted by Gasteiger charge is -2.33. The van der Waals surface area contributed by atoms with Crippen LogP contribution in [0.5, 0.6) is 5.75 Å². The summed E-state index contributed by atoms with van der Waals surface area (Å²) >= 11 is 0. The summed E-state index contributed by atoms with van der Waals surface area (Å²) in [6.45, 7) is 6.17. The molecule has 0 spiro atoms. The molecule has 1 aromatic rings. The lowest BCUT2D eigenvalue weighted by atomic mass is 9.92. The summed E-state index contributed by atoms with van der Waals surface area (Å²) in [5.74, 6) is 0.366. The van der Waals surface area contributed by atoms with E-state index in [-0.39, 0.29) is 18.9 Å². The summed E-state index contributed by atoms with van der Waals surface area (Å²) < 4.78 is 22.2. The molecule has 0 radical (unpaired) electrons. The van der Waals surface area contributed by atoms with Crippen molar-refractivity contribution < 1.29 is 23.7 Å². The zero-order valence-electron chi connectivity index (χ0n) is 14.4. The molecule has 1 heterocycles. The summed E-state index contributed by atoms with van der Waals surface area (Å²) in [7, 11) is 1.60. The SMILES string of the molecule is CCOC(=O)C1(C)CCCC(OCOC)c2ccc(C)cc2O1. The Balaban J connectivity index is 2.34. The van der Waals surface area contributed by atoms with E-state index in [1.807, 2.05) is 25.1 Å². The van der Waals surface area contributed by atoms with E-state index in [2.05, 4.69) is 0 Å². The first-order valence-electron chi connectivity index (χ1n) is 8.07. The quantitative estimate of drug-likeness (QED) is 0.613. The van der Waals surface area contributed by atoms with Crippen LogP contribution in [0.3, 0.4) is 0 Å². The van der Waals surface area contributed by atoms with Gasteiger partial charge in [0.05, 0.1) is 12.7 Å². The predicted octanol–water partition coefficient (Wildman–Crippen LogP) is 3.54. The predicted molar refractivity (Wildman–Crippen MR) is 86.4 cm³/mol. The minimum atomic E-state index is -0.967. The highest BCUT2D eigenvalue weighted by molar-refractivity contribution is 5.79. The van der Waals surface area contributed by atoms with Gasteiger partial charge in [-0.05, 0) is 51.7 Å². The molecular weight excluding hydrogens is 296 g/mol. The van der Waals surface area contributed by atoms with E-state index in [9.17, 15) is 4.79 Å². The first-order chi connectivity index (χ1) is 11.0. The topological polar surface area (TPSA) is 54.0 Å². The van der Waals surface area contributed by atoms with Gasteiger partial charge in [0.1, 0.15) is 12.5 Å². The molecule has 23 heavy (non-hydrogen) atoms. The Hall–Kier alpha value is -1.59. The Morgan fingerprint density at radius 2 is 2.22 bits per heavy atom. The summed E-state index contributed by atoms with van der Waals surface area (Å²) in [6.07, 6.45) is 2.10. The lowest BCUT2D eigenvalue weighted by molar-refractivity contribution is -0.162. The fourth-order valence-corrected chi connectivity index (χ4v) is 2.82. The van der Waals surface area contributed by atoms with Crippen molar-refractivity contribution in [3.05, 3.63) is 29.3 Å². The van der Waals surface area contributed by atoms with Crippen molar-refractivity contribution in [1.29, 1.82) is 0 Å².